The van der Waals surface area contributed by atoms with Crippen LogP contribution in [-0.4, -0.2) is 31.3 Å². The summed E-state index contributed by atoms with van der Waals surface area (Å²) in [5.41, 5.74) is 5.04. The number of carbonyl (C=O) groups excluding carboxylic acids is 1. The molecule has 0 saturated carbocycles. The molecule has 1 aromatic rings. The second-order valence-corrected chi connectivity index (χ2v) is 5.19. The highest BCUT2D eigenvalue weighted by molar-refractivity contribution is 5.85. The van der Waals surface area contributed by atoms with E-state index in [2.05, 4.69) is 0 Å². The summed E-state index contributed by atoms with van der Waals surface area (Å²) < 4.78 is 71.1. The van der Waals surface area contributed by atoms with E-state index >= 15 is 0 Å². The molecule has 2 unspecified atom stereocenters. The van der Waals surface area contributed by atoms with Gasteiger partial charge in [0.15, 0.2) is 11.6 Å². The van der Waals surface area contributed by atoms with Gasteiger partial charge in [0.05, 0.1) is 18.2 Å². The van der Waals surface area contributed by atoms with E-state index in [9.17, 15) is 26.7 Å². The number of amides is 1. The van der Waals surface area contributed by atoms with E-state index < -0.39 is 54.4 Å². The van der Waals surface area contributed by atoms with Gasteiger partial charge in [-0.05, 0) is 25.5 Å². The van der Waals surface area contributed by atoms with Crippen LogP contribution in [0.5, 0.6) is 5.75 Å². The van der Waals surface area contributed by atoms with Gasteiger partial charge in [-0.3, -0.25) is 4.79 Å². The Morgan fingerprint density at radius 1 is 1.39 bits per heavy atom. The van der Waals surface area contributed by atoms with Crippen molar-refractivity contribution in [3.05, 3.63) is 23.8 Å². The number of carbonyl (C=O) groups is 1. The van der Waals surface area contributed by atoms with E-state index in [0.717, 1.165) is 17.0 Å². The molecule has 128 valence electrons. The van der Waals surface area contributed by atoms with Gasteiger partial charge in [-0.25, -0.2) is 4.39 Å². The highest BCUT2D eigenvalue weighted by Gasteiger charge is 2.49. The standard InChI is InChI=1S/C14H15F5N2O2/c1-2-23-12-9(4-3-8(15)11(12)16)21-6-7(14(17,18)19)5-10(21)13(20)22/h3-4,7,10H,2,5-6H2,1H3,(H2,20,22). The molecule has 23 heavy (non-hydrogen) atoms. The number of nitrogens with zero attached hydrogens (tertiary/aromatic N) is 1. The Morgan fingerprint density at radius 3 is 2.57 bits per heavy atom. The molecule has 2 atom stereocenters. The van der Waals surface area contributed by atoms with Crippen LogP contribution in [0.1, 0.15) is 13.3 Å². The Bertz CT molecular complexity index is 606. The third-order valence-corrected chi connectivity index (χ3v) is 3.72. The third kappa shape index (κ3) is 3.32. The summed E-state index contributed by atoms with van der Waals surface area (Å²) >= 11 is 0. The molecule has 2 rings (SSSR count). The highest BCUT2D eigenvalue weighted by Crippen LogP contribution is 2.42. The van der Waals surface area contributed by atoms with E-state index in [1.54, 1.807) is 0 Å². The van der Waals surface area contributed by atoms with Crippen molar-refractivity contribution in [3.63, 3.8) is 0 Å². The molecule has 1 fully saturated rings. The van der Waals surface area contributed by atoms with Gasteiger partial charge in [0.1, 0.15) is 6.04 Å². The van der Waals surface area contributed by atoms with Crippen molar-refractivity contribution < 1.29 is 31.5 Å². The number of hydrogen-bond donors (Lipinski definition) is 1. The fourth-order valence-electron chi connectivity index (χ4n) is 2.64. The van der Waals surface area contributed by atoms with Crippen LogP contribution in [0.2, 0.25) is 0 Å². The van der Waals surface area contributed by atoms with Gasteiger partial charge in [0.2, 0.25) is 11.7 Å². The number of alkyl halides is 3. The zero-order valence-corrected chi connectivity index (χ0v) is 12.2. The van der Waals surface area contributed by atoms with Crippen LogP contribution in [0.4, 0.5) is 27.6 Å². The molecular weight excluding hydrogens is 323 g/mol. The second kappa shape index (κ2) is 6.21. The molecule has 0 aromatic heterocycles. The van der Waals surface area contributed by atoms with E-state index in [1.165, 1.54) is 6.92 Å². The maximum absolute atomic E-state index is 13.9. The molecule has 1 aromatic carbocycles. The fraction of sp³-hybridized carbons (Fsp3) is 0.500. The smallest absolute Gasteiger partial charge is 0.393 e. The number of ether oxygens (including phenoxy) is 1. The topological polar surface area (TPSA) is 55.6 Å². The Labute approximate surface area is 129 Å². The van der Waals surface area contributed by atoms with Gasteiger partial charge in [-0.2, -0.15) is 17.6 Å². The fourth-order valence-corrected chi connectivity index (χ4v) is 2.64. The first kappa shape index (κ1) is 17.3. The van der Waals surface area contributed by atoms with Gasteiger partial charge < -0.3 is 15.4 Å². The number of hydrogen-bond acceptors (Lipinski definition) is 3. The largest absolute Gasteiger partial charge is 0.489 e. The number of halogens is 5. The minimum atomic E-state index is -4.52. The zero-order valence-electron chi connectivity index (χ0n) is 12.2. The average molecular weight is 338 g/mol. The van der Waals surface area contributed by atoms with Crippen LogP contribution >= 0.6 is 0 Å². The number of nitrogens with two attached hydrogens (primary N) is 1. The van der Waals surface area contributed by atoms with Crippen LogP contribution in [0.25, 0.3) is 0 Å². The quantitative estimate of drug-likeness (QED) is 0.859. The zero-order chi connectivity index (χ0) is 17.4. The first-order valence-electron chi connectivity index (χ1n) is 6.90. The number of benzene rings is 1. The van der Waals surface area contributed by atoms with Crippen LogP contribution in [-0.2, 0) is 4.79 Å². The minimum Gasteiger partial charge on any atom is -0.489 e. The predicted octanol–water partition coefficient (Wildman–Crippen LogP) is 2.61. The summed E-state index contributed by atoms with van der Waals surface area (Å²) in [5.74, 6) is -5.80. The maximum atomic E-state index is 13.9. The summed E-state index contributed by atoms with van der Waals surface area (Å²) in [7, 11) is 0. The van der Waals surface area contributed by atoms with Crippen molar-refractivity contribution in [3.8, 4) is 5.75 Å². The molecule has 0 bridgehead atoms. The van der Waals surface area contributed by atoms with E-state index in [-0.39, 0.29) is 12.3 Å². The molecule has 0 radical (unpaired) electrons. The summed E-state index contributed by atoms with van der Waals surface area (Å²) in [5, 5.41) is 0. The molecule has 0 spiro atoms. The second-order valence-electron chi connectivity index (χ2n) is 5.19. The molecule has 1 aliphatic heterocycles. The normalized spacial score (nSPS) is 21.6. The van der Waals surface area contributed by atoms with Gasteiger partial charge >= 0.3 is 6.18 Å². The van der Waals surface area contributed by atoms with E-state index in [4.69, 9.17) is 10.5 Å². The van der Waals surface area contributed by atoms with Crippen molar-refractivity contribution in [1.29, 1.82) is 0 Å². The number of primary amides is 1. The Hall–Kier alpha value is -2.06. The lowest BCUT2D eigenvalue weighted by atomic mass is 10.1. The van der Waals surface area contributed by atoms with E-state index in [1.807, 2.05) is 0 Å². The van der Waals surface area contributed by atoms with Crippen molar-refractivity contribution in [1.82, 2.24) is 0 Å². The molecule has 9 heteroatoms. The number of rotatable bonds is 4. The molecule has 2 N–H and O–H groups in total. The highest BCUT2D eigenvalue weighted by atomic mass is 19.4. The van der Waals surface area contributed by atoms with Crippen LogP contribution in [0, 0.1) is 17.6 Å². The first-order valence-corrected chi connectivity index (χ1v) is 6.90. The molecule has 4 nitrogen and oxygen atoms in total. The lowest BCUT2D eigenvalue weighted by Crippen LogP contribution is -2.40. The van der Waals surface area contributed by atoms with Gasteiger partial charge in [-0.1, -0.05) is 0 Å². The average Bonchev–Trinajstić information content (AvgIpc) is 2.89. The summed E-state index contributed by atoms with van der Waals surface area (Å²) in [6, 6.07) is 0.579. The summed E-state index contributed by atoms with van der Waals surface area (Å²) in [6.07, 6.45) is -5.06. The van der Waals surface area contributed by atoms with Crippen molar-refractivity contribution >= 4 is 11.6 Å². The Balaban J connectivity index is 2.46. The van der Waals surface area contributed by atoms with Gasteiger partial charge in [0, 0.05) is 6.54 Å². The summed E-state index contributed by atoms with van der Waals surface area (Å²) in [6.45, 7) is 0.912. The minimum absolute atomic E-state index is 0.0227. The molecule has 1 saturated heterocycles. The predicted molar refractivity (Wildman–Crippen MR) is 72.0 cm³/mol. The van der Waals surface area contributed by atoms with Crippen molar-refractivity contribution in [2.75, 3.05) is 18.1 Å². The molecular formula is C14H15F5N2O2. The molecule has 1 heterocycles. The molecule has 0 aliphatic carbocycles. The first-order chi connectivity index (χ1) is 10.7. The monoisotopic (exact) mass is 338 g/mol. The van der Waals surface area contributed by atoms with Gasteiger partial charge in [0.25, 0.3) is 0 Å². The Morgan fingerprint density at radius 2 is 2.04 bits per heavy atom. The third-order valence-electron chi connectivity index (χ3n) is 3.72. The van der Waals surface area contributed by atoms with Crippen molar-refractivity contribution in [2.45, 2.75) is 25.6 Å². The SMILES string of the molecule is CCOc1c(N2CC(C(F)(F)F)CC2C(N)=O)ccc(F)c1F. The van der Waals surface area contributed by atoms with Crippen LogP contribution in [0.3, 0.4) is 0 Å². The molecule has 1 amide bonds. The van der Waals surface area contributed by atoms with E-state index in [0.29, 0.717) is 0 Å². The maximum Gasteiger partial charge on any atom is 0.393 e. The van der Waals surface area contributed by atoms with Crippen LogP contribution < -0.4 is 15.4 Å². The lowest BCUT2D eigenvalue weighted by molar-refractivity contribution is -0.168. The van der Waals surface area contributed by atoms with Gasteiger partial charge in [-0.15, -0.1) is 0 Å². The van der Waals surface area contributed by atoms with Crippen LogP contribution in [0.15, 0.2) is 12.1 Å². The Kier molecular flexibility index (Phi) is 4.67. The molecule has 1 aliphatic rings. The summed E-state index contributed by atoms with van der Waals surface area (Å²) in [4.78, 5) is 12.5. The lowest BCUT2D eigenvalue weighted by Gasteiger charge is -2.26. The van der Waals surface area contributed by atoms with Crippen molar-refractivity contribution in [2.24, 2.45) is 11.7 Å². The number of anilines is 1.